The Labute approximate surface area is 143 Å². The number of rotatable bonds is 7. The third kappa shape index (κ3) is 4.46. The number of carbonyl (C=O) groups is 2. The highest BCUT2D eigenvalue weighted by molar-refractivity contribution is 14.1. The van der Waals surface area contributed by atoms with E-state index >= 15 is 0 Å². The van der Waals surface area contributed by atoms with E-state index in [0.717, 1.165) is 3.57 Å². The zero-order chi connectivity index (χ0) is 15.9. The number of carbonyl (C=O) groups excluding carboxylic acids is 2. The quantitative estimate of drug-likeness (QED) is 0.434. The molecule has 2 aromatic carbocycles. The van der Waals surface area contributed by atoms with Crippen molar-refractivity contribution < 1.29 is 14.4 Å². The Morgan fingerprint density at radius 3 is 2.27 bits per heavy atom. The van der Waals surface area contributed by atoms with E-state index in [1.807, 2.05) is 18.2 Å². The maximum absolute atomic E-state index is 12.5. The van der Waals surface area contributed by atoms with Crippen LogP contribution in [0.15, 0.2) is 54.6 Å². The molecule has 0 aromatic heterocycles. The van der Waals surface area contributed by atoms with Crippen molar-refractivity contribution in [1.29, 1.82) is 0 Å². The number of benzene rings is 2. The molecule has 0 saturated heterocycles. The lowest BCUT2D eigenvalue weighted by atomic mass is 9.97. The van der Waals surface area contributed by atoms with Crippen LogP contribution in [0.3, 0.4) is 0 Å². The average Bonchev–Trinajstić information content (AvgIpc) is 2.55. The van der Waals surface area contributed by atoms with Crippen molar-refractivity contribution >= 4 is 34.2 Å². The van der Waals surface area contributed by atoms with Gasteiger partial charge in [0.15, 0.2) is 11.6 Å². The van der Waals surface area contributed by atoms with Gasteiger partial charge < -0.3 is 4.84 Å². The Morgan fingerprint density at radius 1 is 1.05 bits per heavy atom. The molecule has 4 nitrogen and oxygen atoms in total. The van der Waals surface area contributed by atoms with Crippen LogP contribution in [0.5, 0.6) is 0 Å². The highest BCUT2D eigenvalue weighted by Gasteiger charge is 2.23. The SMILES string of the molecule is CONC(CC(=O)c1ccccc1)C(=O)c1ccc(I)cc1. The lowest BCUT2D eigenvalue weighted by Crippen LogP contribution is -2.38. The predicted molar refractivity (Wildman–Crippen MR) is 92.8 cm³/mol. The highest BCUT2D eigenvalue weighted by Crippen LogP contribution is 2.13. The summed E-state index contributed by atoms with van der Waals surface area (Å²) in [5, 5.41) is 0. The van der Waals surface area contributed by atoms with Crippen LogP contribution >= 0.6 is 22.6 Å². The van der Waals surface area contributed by atoms with Gasteiger partial charge in [-0.05, 0) is 34.7 Å². The van der Waals surface area contributed by atoms with E-state index in [-0.39, 0.29) is 18.0 Å². The van der Waals surface area contributed by atoms with Crippen molar-refractivity contribution in [1.82, 2.24) is 5.48 Å². The van der Waals surface area contributed by atoms with Gasteiger partial charge in [0.05, 0.1) is 7.11 Å². The zero-order valence-corrected chi connectivity index (χ0v) is 14.2. The minimum Gasteiger partial charge on any atom is -0.304 e. The molecular formula is C17H16INO3. The summed E-state index contributed by atoms with van der Waals surface area (Å²) in [6.45, 7) is 0. The zero-order valence-electron chi connectivity index (χ0n) is 12.1. The Bertz CT molecular complexity index is 641. The first kappa shape index (κ1) is 16.8. The molecule has 0 fully saturated rings. The molecule has 22 heavy (non-hydrogen) atoms. The van der Waals surface area contributed by atoms with Gasteiger partial charge in [0.25, 0.3) is 0 Å². The molecule has 0 radical (unpaired) electrons. The summed E-state index contributed by atoms with van der Waals surface area (Å²) in [4.78, 5) is 29.7. The van der Waals surface area contributed by atoms with Gasteiger partial charge in [-0.25, -0.2) is 0 Å². The fourth-order valence-electron chi connectivity index (χ4n) is 2.07. The van der Waals surface area contributed by atoms with E-state index in [4.69, 9.17) is 4.84 Å². The lowest BCUT2D eigenvalue weighted by molar-refractivity contribution is 0.0473. The Kier molecular flexibility index (Phi) is 6.23. The van der Waals surface area contributed by atoms with E-state index in [0.29, 0.717) is 11.1 Å². The molecule has 0 aliphatic heterocycles. The van der Waals surface area contributed by atoms with Crippen molar-refractivity contribution in [3.8, 4) is 0 Å². The lowest BCUT2D eigenvalue weighted by Gasteiger charge is -2.15. The fourth-order valence-corrected chi connectivity index (χ4v) is 2.43. The fraction of sp³-hybridized carbons (Fsp3) is 0.176. The van der Waals surface area contributed by atoms with Gasteiger partial charge in [-0.1, -0.05) is 42.5 Å². The van der Waals surface area contributed by atoms with E-state index in [1.54, 1.807) is 36.4 Å². The molecular weight excluding hydrogens is 393 g/mol. The normalized spacial score (nSPS) is 11.9. The largest absolute Gasteiger partial charge is 0.304 e. The highest BCUT2D eigenvalue weighted by atomic mass is 127. The van der Waals surface area contributed by atoms with E-state index < -0.39 is 6.04 Å². The average molecular weight is 409 g/mol. The van der Waals surface area contributed by atoms with Gasteiger partial charge in [0, 0.05) is 21.1 Å². The number of Topliss-reactive ketones (excluding diaryl/α,β-unsaturated/α-hetero) is 2. The van der Waals surface area contributed by atoms with Gasteiger partial charge in [0.1, 0.15) is 6.04 Å². The van der Waals surface area contributed by atoms with E-state index in [2.05, 4.69) is 28.1 Å². The maximum atomic E-state index is 12.5. The molecule has 1 N–H and O–H groups in total. The first-order valence-electron chi connectivity index (χ1n) is 6.78. The molecule has 0 amide bonds. The van der Waals surface area contributed by atoms with Crippen LogP contribution in [0.4, 0.5) is 0 Å². The van der Waals surface area contributed by atoms with Crippen molar-refractivity contribution in [2.45, 2.75) is 12.5 Å². The summed E-state index contributed by atoms with van der Waals surface area (Å²) in [6.07, 6.45) is 0.0443. The molecule has 114 valence electrons. The van der Waals surface area contributed by atoms with Crippen LogP contribution in [0.25, 0.3) is 0 Å². The second kappa shape index (κ2) is 8.17. The molecule has 0 aliphatic carbocycles. The van der Waals surface area contributed by atoms with Crippen LogP contribution in [-0.2, 0) is 4.84 Å². The number of halogens is 1. The summed E-state index contributed by atoms with van der Waals surface area (Å²) < 4.78 is 1.05. The standard InChI is InChI=1S/C17H16INO3/c1-22-19-15(11-16(20)12-5-3-2-4-6-12)17(21)13-7-9-14(18)10-8-13/h2-10,15,19H,11H2,1H3. The van der Waals surface area contributed by atoms with E-state index in [1.165, 1.54) is 7.11 Å². The Balaban J connectivity index is 2.14. The van der Waals surface area contributed by atoms with Crippen molar-refractivity contribution in [3.63, 3.8) is 0 Å². The third-order valence-corrected chi connectivity index (χ3v) is 3.91. The number of hydrogen-bond acceptors (Lipinski definition) is 4. The van der Waals surface area contributed by atoms with Gasteiger partial charge in [-0.15, -0.1) is 0 Å². The molecule has 1 unspecified atom stereocenters. The molecule has 1 atom stereocenters. The van der Waals surface area contributed by atoms with Crippen molar-refractivity contribution in [2.75, 3.05) is 7.11 Å². The van der Waals surface area contributed by atoms with Crippen LogP contribution in [0.2, 0.25) is 0 Å². The number of hydroxylamine groups is 1. The van der Waals surface area contributed by atoms with Crippen LogP contribution < -0.4 is 5.48 Å². The second-order valence-corrected chi connectivity index (χ2v) is 5.98. The number of ketones is 2. The van der Waals surface area contributed by atoms with Crippen LogP contribution in [0.1, 0.15) is 27.1 Å². The summed E-state index contributed by atoms with van der Waals surface area (Å²) in [6, 6.07) is 15.4. The molecule has 0 bridgehead atoms. The Morgan fingerprint density at radius 2 is 1.68 bits per heavy atom. The van der Waals surface area contributed by atoms with Gasteiger partial charge >= 0.3 is 0 Å². The van der Waals surface area contributed by atoms with Crippen molar-refractivity contribution in [2.24, 2.45) is 0 Å². The van der Waals surface area contributed by atoms with Gasteiger partial charge in [-0.2, -0.15) is 5.48 Å². The van der Waals surface area contributed by atoms with E-state index in [9.17, 15) is 9.59 Å². The second-order valence-electron chi connectivity index (χ2n) is 4.74. The van der Waals surface area contributed by atoms with Gasteiger partial charge in [-0.3, -0.25) is 9.59 Å². The summed E-state index contributed by atoms with van der Waals surface area (Å²) in [5.74, 6) is -0.267. The topological polar surface area (TPSA) is 55.4 Å². The third-order valence-electron chi connectivity index (χ3n) is 3.19. The molecule has 2 rings (SSSR count). The molecule has 0 heterocycles. The predicted octanol–water partition coefficient (Wildman–Crippen LogP) is 3.27. The van der Waals surface area contributed by atoms with Gasteiger partial charge in [0.2, 0.25) is 0 Å². The molecule has 2 aromatic rings. The number of hydrogen-bond donors (Lipinski definition) is 1. The summed E-state index contributed by atoms with van der Waals surface area (Å²) in [7, 11) is 1.43. The summed E-state index contributed by atoms with van der Waals surface area (Å²) in [5.41, 5.74) is 3.76. The smallest absolute Gasteiger partial charge is 0.182 e. The molecule has 0 spiro atoms. The van der Waals surface area contributed by atoms with Crippen LogP contribution in [-0.4, -0.2) is 24.7 Å². The van der Waals surface area contributed by atoms with Crippen molar-refractivity contribution in [3.05, 3.63) is 69.3 Å². The maximum Gasteiger partial charge on any atom is 0.182 e. The number of nitrogens with one attached hydrogen (secondary N) is 1. The molecule has 0 saturated carbocycles. The molecule has 5 heteroatoms. The Hall–Kier alpha value is -1.57. The first-order valence-corrected chi connectivity index (χ1v) is 7.86. The summed E-state index contributed by atoms with van der Waals surface area (Å²) >= 11 is 2.18. The van der Waals surface area contributed by atoms with Crippen LogP contribution in [0, 0.1) is 3.57 Å². The first-order chi connectivity index (χ1) is 10.6. The minimum atomic E-state index is -0.710. The molecule has 0 aliphatic rings. The monoisotopic (exact) mass is 409 g/mol. The minimum absolute atomic E-state index is 0.0443.